The summed E-state index contributed by atoms with van der Waals surface area (Å²) in [4.78, 5) is 7.28. The molecule has 1 fully saturated rings. The lowest BCUT2D eigenvalue weighted by Crippen LogP contribution is -2.34. The van der Waals surface area contributed by atoms with E-state index in [2.05, 4.69) is 22.5 Å². The number of likely N-dealkylation sites (tertiary alicyclic amines) is 1. The van der Waals surface area contributed by atoms with Crippen molar-refractivity contribution in [1.29, 1.82) is 0 Å². The molecule has 120 valence electrons. The number of hydrogen-bond donors (Lipinski definition) is 1. The summed E-state index contributed by atoms with van der Waals surface area (Å²) >= 11 is 1.73. The molecule has 0 bridgehead atoms. The van der Waals surface area contributed by atoms with Gasteiger partial charge in [0.05, 0.1) is 5.69 Å². The van der Waals surface area contributed by atoms with Crippen molar-refractivity contribution in [3.8, 4) is 0 Å². The van der Waals surface area contributed by atoms with E-state index in [4.69, 9.17) is 9.72 Å². The lowest BCUT2D eigenvalue weighted by Gasteiger charge is -2.31. The van der Waals surface area contributed by atoms with Crippen LogP contribution in [0.3, 0.4) is 0 Å². The van der Waals surface area contributed by atoms with Gasteiger partial charge < -0.3 is 10.1 Å². The van der Waals surface area contributed by atoms with Gasteiger partial charge in [-0.3, -0.25) is 4.90 Å². The van der Waals surface area contributed by atoms with Gasteiger partial charge >= 0.3 is 0 Å². The number of nitrogens with one attached hydrogen (secondary N) is 1. The van der Waals surface area contributed by atoms with Crippen LogP contribution in [0.4, 0.5) is 0 Å². The van der Waals surface area contributed by atoms with Gasteiger partial charge in [-0.1, -0.05) is 0 Å². The number of thiazole rings is 1. The van der Waals surface area contributed by atoms with Gasteiger partial charge in [0, 0.05) is 18.5 Å². The van der Waals surface area contributed by atoms with E-state index in [9.17, 15) is 0 Å². The lowest BCUT2D eigenvalue weighted by molar-refractivity contribution is 0.0759. The Balaban J connectivity index is 1.76. The van der Waals surface area contributed by atoms with Gasteiger partial charge in [0.25, 0.3) is 0 Å². The molecule has 21 heavy (non-hydrogen) atoms. The normalized spacial score (nSPS) is 19.0. The zero-order valence-corrected chi connectivity index (χ0v) is 14.4. The second-order valence-corrected chi connectivity index (χ2v) is 6.78. The fourth-order valence-electron chi connectivity index (χ4n) is 2.91. The SMILES string of the molecule is CCOC(C)c1nc(CN2CCC(CCNC)CC2)cs1. The van der Waals surface area contributed by atoms with Gasteiger partial charge in [-0.2, -0.15) is 0 Å². The molecule has 0 aromatic carbocycles. The van der Waals surface area contributed by atoms with Crippen LogP contribution in [0.15, 0.2) is 5.38 Å². The number of rotatable bonds is 8. The molecule has 1 aliphatic rings. The molecule has 0 radical (unpaired) electrons. The summed E-state index contributed by atoms with van der Waals surface area (Å²) in [6, 6.07) is 0. The van der Waals surface area contributed by atoms with Gasteiger partial charge in [-0.25, -0.2) is 4.98 Å². The summed E-state index contributed by atoms with van der Waals surface area (Å²) in [7, 11) is 2.04. The minimum absolute atomic E-state index is 0.126. The first kappa shape index (κ1) is 16.9. The molecule has 1 unspecified atom stereocenters. The summed E-state index contributed by atoms with van der Waals surface area (Å²) in [5.41, 5.74) is 1.20. The second kappa shape index (κ2) is 8.83. The summed E-state index contributed by atoms with van der Waals surface area (Å²) in [6.07, 6.45) is 4.10. The predicted octanol–water partition coefficient (Wildman–Crippen LogP) is 3.06. The van der Waals surface area contributed by atoms with Crippen LogP contribution in [0.2, 0.25) is 0 Å². The smallest absolute Gasteiger partial charge is 0.122 e. The van der Waals surface area contributed by atoms with Crippen molar-refractivity contribution in [2.24, 2.45) is 5.92 Å². The van der Waals surface area contributed by atoms with Crippen molar-refractivity contribution in [3.05, 3.63) is 16.1 Å². The molecular weight excluding hydrogens is 282 g/mol. The maximum atomic E-state index is 5.61. The van der Waals surface area contributed by atoms with E-state index in [1.165, 1.54) is 38.0 Å². The molecule has 4 nitrogen and oxygen atoms in total. The highest BCUT2D eigenvalue weighted by atomic mass is 32.1. The largest absolute Gasteiger partial charge is 0.372 e. The van der Waals surface area contributed by atoms with Crippen molar-refractivity contribution >= 4 is 11.3 Å². The molecular formula is C16H29N3OS. The number of nitrogens with zero attached hydrogens (tertiary/aromatic N) is 2. The van der Waals surface area contributed by atoms with Crippen molar-refractivity contribution in [2.45, 2.75) is 45.8 Å². The number of ether oxygens (including phenoxy) is 1. The Morgan fingerprint density at radius 2 is 2.24 bits per heavy atom. The van der Waals surface area contributed by atoms with E-state index in [1.54, 1.807) is 11.3 Å². The standard InChI is InChI=1S/C16H29N3OS/c1-4-20-13(2)16-18-15(12-21-16)11-19-9-6-14(7-10-19)5-8-17-3/h12-14,17H,4-11H2,1-3H3. The molecule has 1 atom stereocenters. The quantitative estimate of drug-likeness (QED) is 0.800. The van der Waals surface area contributed by atoms with Gasteiger partial charge in [0.2, 0.25) is 0 Å². The van der Waals surface area contributed by atoms with Crippen molar-refractivity contribution in [1.82, 2.24) is 15.2 Å². The highest BCUT2D eigenvalue weighted by molar-refractivity contribution is 7.09. The summed E-state index contributed by atoms with van der Waals surface area (Å²) in [5.74, 6) is 0.901. The fraction of sp³-hybridized carbons (Fsp3) is 0.812. The van der Waals surface area contributed by atoms with Crippen LogP contribution >= 0.6 is 11.3 Å². The third-order valence-electron chi connectivity index (χ3n) is 4.23. The Morgan fingerprint density at radius 1 is 1.48 bits per heavy atom. The van der Waals surface area contributed by atoms with Gasteiger partial charge in [-0.15, -0.1) is 11.3 Å². The van der Waals surface area contributed by atoms with Crippen molar-refractivity contribution in [2.75, 3.05) is 33.3 Å². The molecule has 2 heterocycles. The van der Waals surface area contributed by atoms with Gasteiger partial charge in [-0.05, 0) is 65.7 Å². The molecule has 1 aromatic rings. The summed E-state index contributed by atoms with van der Waals surface area (Å²) in [6.45, 7) is 9.42. The average molecular weight is 311 g/mol. The lowest BCUT2D eigenvalue weighted by atomic mass is 9.93. The van der Waals surface area contributed by atoms with Crippen LogP contribution in [0.25, 0.3) is 0 Å². The molecule has 0 amide bonds. The maximum absolute atomic E-state index is 5.61. The molecule has 0 saturated carbocycles. The van der Waals surface area contributed by atoms with Crippen molar-refractivity contribution < 1.29 is 4.74 Å². The predicted molar refractivity (Wildman–Crippen MR) is 88.7 cm³/mol. The first-order valence-electron chi connectivity index (χ1n) is 8.15. The molecule has 1 aromatic heterocycles. The van der Waals surface area contributed by atoms with Crippen LogP contribution < -0.4 is 5.32 Å². The minimum atomic E-state index is 0.126. The van der Waals surface area contributed by atoms with E-state index in [-0.39, 0.29) is 6.10 Å². The third kappa shape index (κ3) is 5.33. The van der Waals surface area contributed by atoms with E-state index in [1.807, 2.05) is 14.0 Å². The topological polar surface area (TPSA) is 37.4 Å². The highest BCUT2D eigenvalue weighted by Gasteiger charge is 2.20. The van der Waals surface area contributed by atoms with Gasteiger partial charge in [0.1, 0.15) is 11.1 Å². The zero-order chi connectivity index (χ0) is 15.1. The Hall–Kier alpha value is -0.490. The van der Waals surface area contributed by atoms with E-state index in [0.717, 1.165) is 30.6 Å². The van der Waals surface area contributed by atoms with E-state index < -0.39 is 0 Å². The van der Waals surface area contributed by atoms with Crippen LogP contribution in [0.1, 0.15) is 49.9 Å². The Bertz CT molecular complexity index is 402. The fourth-order valence-corrected chi connectivity index (χ4v) is 3.73. The second-order valence-electron chi connectivity index (χ2n) is 5.89. The first-order chi connectivity index (χ1) is 10.2. The van der Waals surface area contributed by atoms with Crippen LogP contribution in [0, 0.1) is 5.92 Å². The summed E-state index contributed by atoms with van der Waals surface area (Å²) < 4.78 is 5.61. The van der Waals surface area contributed by atoms with E-state index >= 15 is 0 Å². The molecule has 2 rings (SSSR count). The monoisotopic (exact) mass is 311 g/mol. The van der Waals surface area contributed by atoms with Crippen LogP contribution in [-0.2, 0) is 11.3 Å². The number of piperidine rings is 1. The van der Waals surface area contributed by atoms with Crippen LogP contribution in [-0.4, -0.2) is 43.2 Å². The molecule has 5 heteroatoms. The Morgan fingerprint density at radius 3 is 2.90 bits per heavy atom. The Kier molecular flexibility index (Phi) is 7.10. The molecule has 1 aliphatic heterocycles. The van der Waals surface area contributed by atoms with Crippen molar-refractivity contribution in [3.63, 3.8) is 0 Å². The average Bonchev–Trinajstić information content (AvgIpc) is 2.95. The molecule has 0 aliphatic carbocycles. The van der Waals surface area contributed by atoms with Gasteiger partial charge in [0.15, 0.2) is 0 Å². The third-order valence-corrected chi connectivity index (χ3v) is 5.28. The number of aromatic nitrogens is 1. The minimum Gasteiger partial charge on any atom is -0.372 e. The molecule has 1 N–H and O–H groups in total. The number of hydrogen-bond acceptors (Lipinski definition) is 5. The first-order valence-corrected chi connectivity index (χ1v) is 9.03. The zero-order valence-electron chi connectivity index (χ0n) is 13.6. The van der Waals surface area contributed by atoms with Crippen LogP contribution in [0.5, 0.6) is 0 Å². The summed E-state index contributed by atoms with van der Waals surface area (Å²) in [5, 5.41) is 6.56. The molecule has 0 spiro atoms. The molecule has 1 saturated heterocycles. The maximum Gasteiger partial charge on any atom is 0.122 e. The Labute approximate surface area is 132 Å². The van der Waals surface area contributed by atoms with E-state index in [0.29, 0.717) is 0 Å². The highest BCUT2D eigenvalue weighted by Crippen LogP contribution is 2.24.